The molecule has 1 saturated carbocycles. The van der Waals surface area contributed by atoms with Crippen LogP contribution in [0.2, 0.25) is 0 Å². The highest BCUT2D eigenvalue weighted by atomic mass is 16.2. The molecule has 1 N–H and O–H groups in total. The van der Waals surface area contributed by atoms with Crippen LogP contribution >= 0.6 is 0 Å². The van der Waals surface area contributed by atoms with Crippen molar-refractivity contribution in [2.75, 3.05) is 0 Å². The second-order valence-corrected chi connectivity index (χ2v) is 3.75. The van der Waals surface area contributed by atoms with Gasteiger partial charge in [0, 0.05) is 0 Å². The number of nitrogens with one attached hydrogen (secondary N) is 1. The second kappa shape index (κ2) is 2.98. The van der Waals surface area contributed by atoms with Gasteiger partial charge in [-0.1, -0.05) is 12.2 Å². The zero-order chi connectivity index (χ0) is 9.42. The van der Waals surface area contributed by atoms with Gasteiger partial charge in [0.25, 0.3) is 0 Å². The summed E-state index contributed by atoms with van der Waals surface area (Å²) in [6, 6.07) is 0. The van der Waals surface area contributed by atoms with E-state index in [4.69, 9.17) is 0 Å². The molecule has 0 aromatic carbocycles. The summed E-state index contributed by atoms with van der Waals surface area (Å²) in [7, 11) is 0. The Labute approximate surface area is 77.2 Å². The Kier molecular flexibility index (Phi) is 1.94. The number of hydrogen-bond acceptors (Lipinski definition) is 2. The molecule has 1 aliphatic heterocycles. The first-order valence-corrected chi connectivity index (χ1v) is 4.71. The molecule has 0 bridgehead atoms. The Morgan fingerprint density at radius 3 is 2.77 bits per heavy atom. The van der Waals surface area contributed by atoms with E-state index in [2.05, 4.69) is 5.32 Å². The van der Waals surface area contributed by atoms with Crippen LogP contribution in [0.25, 0.3) is 0 Å². The van der Waals surface area contributed by atoms with E-state index < -0.39 is 0 Å². The predicted molar refractivity (Wildman–Crippen MR) is 47.7 cm³/mol. The molecular formula is C10H13NO2. The molecule has 13 heavy (non-hydrogen) atoms. The summed E-state index contributed by atoms with van der Waals surface area (Å²) < 4.78 is 0. The molecule has 3 heteroatoms. The number of allylic oxidation sites excluding steroid dienone is 2. The van der Waals surface area contributed by atoms with Gasteiger partial charge in [-0.25, -0.2) is 0 Å². The fraction of sp³-hybridized carbons (Fsp3) is 0.600. The maximum absolute atomic E-state index is 11.4. The van der Waals surface area contributed by atoms with Crippen LogP contribution in [0.15, 0.2) is 12.2 Å². The highest BCUT2D eigenvalue weighted by molar-refractivity contribution is 6.05. The minimum absolute atomic E-state index is 0.0475. The van der Waals surface area contributed by atoms with Crippen molar-refractivity contribution in [3.8, 4) is 0 Å². The standard InChI is InChI=1S/C10H13NO2/c1-2-3-6-4-5-7-8(6)10(13)11-9(7)12/h2-3,6-8H,4-5H2,1H3,(H,11,12,13)/b3-2-. The fourth-order valence-corrected chi connectivity index (χ4v) is 2.46. The van der Waals surface area contributed by atoms with E-state index in [1.54, 1.807) is 0 Å². The largest absolute Gasteiger partial charge is 0.296 e. The van der Waals surface area contributed by atoms with Crippen molar-refractivity contribution in [3.05, 3.63) is 12.2 Å². The number of amides is 2. The topological polar surface area (TPSA) is 46.2 Å². The Hall–Kier alpha value is -1.12. The fourth-order valence-electron chi connectivity index (χ4n) is 2.46. The van der Waals surface area contributed by atoms with E-state index in [0.29, 0.717) is 0 Å². The van der Waals surface area contributed by atoms with Gasteiger partial charge in [0.1, 0.15) is 0 Å². The SMILES string of the molecule is C/C=C\C1CCC2C(=O)NC(=O)C12. The van der Waals surface area contributed by atoms with Crippen LogP contribution in [0.4, 0.5) is 0 Å². The van der Waals surface area contributed by atoms with Gasteiger partial charge in [0.05, 0.1) is 11.8 Å². The third kappa shape index (κ3) is 1.19. The van der Waals surface area contributed by atoms with Gasteiger partial charge >= 0.3 is 0 Å². The lowest BCUT2D eigenvalue weighted by Gasteiger charge is -2.09. The molecule has 0 spiro atoms. The summed E-state index contributed by atoms with van der Waals surface area (Å²) in [5.74, 6) is 0.0106. The molecule has 3 nitrogen and oxygen atoms in total. The second-order valence-electron chi connectivity index (χ2n) is 3.75. The molecule has 3 unspecified atom stereocenters. The molecule has 2 amide bonds. The highest BCUT2D eigenvalue weighted by Crippen LogP contribution is 2.41. The molecule has 0 radical (unpaired) electrons. The maximum atomic E-state index is 11.4. The van der Waals surface area contributed by atoms with Crippen molar-refractivity contribution in [2.24, 2.45) is 17.8 Å². The molecule has 1 heterocycles. The summed E-state index contributed by atoms with van der Waals surface area (Å²) >= 11 is 0. The summed E-state index contributed by atoms with van der Waals surface area (Å²) in [5.41, 5.74) is 0. The molecule has 0 aromatic rings. The van der Waals surface area contributed by atoms with E-state index in [0.717, 1.165) is 12.8 Å². The number of hydrogen-bond donors (Lipinski definition) is 1. The van der Waals surface area contributed by atoms with Crippen molar-refractivity contribution in [3.63, 3.8) is 0 Å². The van der Waals surface area contributed by atoms with Crippen molar-refractivity contribution in [1.29, 1.82) is 0 Å². The molecule has 3 atom stereocenters. The van der Waals surface area contributed by atoms with Crippen LogP contribution in [-0.2, 0) is 9.59 Å². The zero-order valence-electron chi connectivity index (χ0n) is 7.62. The average molecular weight is 179 g/mol. The number of carbonyl (C=O) groups is 2. The lowest BCUT2D eigenvalue weighted by molar-refractivity contribution is -0.126. The molecule has 1 saturated heterocycles. The van der Waals surface area contributed by atoms with Gasteiger partial charge in [0.15, 0.2) is 0 Å². The molecule has 70 valence electrons. The molecule has 2 rings (SSSR count). The van der Waals surface area contributed by atoms with E-state index in [-0.39, 0.29) is 29.6 Å². The van der Waals surface area contributed by atoms with E-state index >= 15 is 0 Å². The van der Waals surface area contributed by atoms with Crippen molar-refractivity contribution >= 4 is 11.8 Å². The van der Waals surface area contributed by atoms with Crippen LogP contribution in [0.3, 0.4) is 0 Å². The number of rotatable bonds is 1. The first-order chi connectivity index (χ1) is 6.24. The summed E-state index contributed by atoms with van der Waals surface area (Å²) in [5, 5.41) is 2.40. The normalized spacial score (nSPS) is 38.4. The number of imide groups is 1. The summed E-state index contributed by atoms with van der Waals surface area (Å²) in [6.07, 6.45) is 5.84. The van der Waals surface area contributed by atoms with E-state index in [1.807, 2.05) is 19.1 Å². The van der Waals surface area contributed by atoms with Crippen LogP contribution in [0.1, 0.15) is 19.8 Å². The van der Waals surface area contributed by atoms with E-state index in [1.165, 1.54) is 0 Å². The van der Waals surface area contributed by atoms with Crippen molar-refractivity contribution in [2.45, 2.75) is 19.8 Å². The van der Waals surface area contributed by atoms with Crippen LogP contribution in [-0.4, -0.2) is 11.8 Å². The van der Waals surface area contributed by atoms with Crippen LogP contribution in [0, 0.1) is 17.8 Å². The molecule has 0 aromatic heterocycles. The summed E-state index contributed by atoms with van der Waals surface area (Å²) in [4.78, 5) is 22.6. The third-order valence-corrected chi connectivity index (χ3v) is 3.03. The first kappa shape index (κ1) is 8.48. The Bertz CT molecular complexity index is 283. The Balaban J connectivity index is 2.22. The quantitative estimate of drug-likeness (QED) is 0.479. The monoisotopic (exact) mass is 179 g/mol. The van der Waals surface area contributed by atoms with Crippen molar-refractivity contribution < 1.29 is 9.59 Å². The highest BCUT2D eigenvalue weighted by Gasteiger charge is 2.48. The smallest absolute Gasteiger partial charge is 0.231 e. The lowest BCUT2D eigenvalue weighted by atomic mass is 9.91. The predicted octanol–water partition coefficient (Wildman–Crippen LogP) is 0.861. The molecular weight excluding hydrogens is 166 g/mol. The zero-order valence-corrected chi connectivity index (χ0v) is 7.62. The molecule has 1 aliphatic carbocycles. The minimum Gasteiger partial charge on any atom is -0.296 e. The Morgan fingerprint density at radius 1 is 1.31 bits per heavy atom. The lowest BCUT2D eigenvalue weighted by Crippen LogP contribution is -2.25. The van der Waals surface area contributed by atoms with Gasteiger partial charge in [-0.3, -0.25) is 14.9 Å². The van der Waals surface area contributed by atoms with Gasteiger partial charge in [-0.2, -0.15) is 0 Å². The third-order valence-electron chi connectivity index (χ3n) is 3.03. The number of fused-ring (bicyclic) bond motifs is 1. The van der Waals surface area contributed by atoms with Gasteiger partial charge in [-0.05, 0) is 25.7 Å². The van der Waals surface area contributed by atoms with Crippen LogP contribution in [0.5, 0.6) is 0 Å². The van der Waals surface area contributed by atoms with Gasteiger partial charge < -0.3 is 0 Å². The van der Waals surface area contributed by atoms with Crippen LogP contribution < -0.4 is 5.32 Å². The van der Waals surface area contributed by atoms with Crippen molar-refractivity contribution in [1.82, 2.24) is 5.32 Å². The van der Waals surface area contributed by atoms with E-state index in [9.17, 15) is 9.59 Å². The Morgan fingerprint density at radius 2 is 2.08 bits per heavy atom. The summed E-state index contributed by atoms with van der Waals surface area (Å²) in [6.45, 7) is 1.95. The van der Waals surface area contributed by atoms with Gasteiger partial charge in [0.2, 0.25) is 11.8 Å². The molecule has 2 aliphatic rings. The first-order valence-electron chi connectivity index (χ1n) is 4.71. The average Bonchev–Trinajstić information content (AvgIpc) is 2.58. The molecule has 2 fully saturated rings. The minimum atomic E-state index is -0.0799. The maximum Gasteiger partial charge on any atom is 0.231 e. The number of carbonyl (C=O) groups excluding carboxylic acids is 2. The van der Waals surface area contributed by atoms with Gasteiger partial charge in [-0.15, -0.1) is 0 Å².